The van der Waals surface area contributed by atoms with Crippen molar-refractivity contribution < 1.29 is 19.1 Å². The zero-order valence-electron chi connectivity index (χ0n) is 20.7. The molecule has 3 rings (SSSR count). The second-order valence-corrected chi connectivity index (χ2v) is 10.1. The van der Waals surface area contributed by atoms with E-state index in [1.54, 1.807) is 20.8 Å². The van der Waals surface area contributed by atoms with E-state index in [2.05, 4.69) is 34.9 Å². The Bertz CT molecular complexity index is 1060. The van der Waals surface area contributed by atoms with Crippen molar-refractivity contribution in [3.8, 4) is 11.1 Å². The molecule has 0 spiro atoms. The van der Waals surface area contributed by atoms with Gasteiger partial charge >= 0.3 is 12.1 Å². The van der Waals surface area contributed by atoms with E-state index in [1.165, 1.54) is 22.3 Å². The first-order chi connectivity index (χ1) is 16.6. The summed E-state index contributed by atoms with van der Waals surface area (Å²) < 4.78 is 10.7. The topological polar surface area (TPSA) is 103 Å². The third-order valence-electron chi connectivity index (χ3n) is 5.71. The molecule has 1 atom stereocenters. The predicted octanol–water partition coefficient (Wildman–Crippen LogP) is 4.59. The highest BCUT2D eigenvalue weighted by Crippen LogP contribution is 2.38. The molecule has 0 saturated carbocycles. The fraction of sp³-hybridized carbons (Fsp3) is 0.444. The van der Waals surface area contributed by atoms with Gasteiger partial charge in [-0.2, -0.15) is 0 Å². The Balaban J connectivity index is 1.31. The molecular formula is C27H35N3O4S. The molecule has 0 heterocycles. The number of fused-ring (bicyclic) bond motifs is 3. The Labute approximate surface area is 212 Å². The highest BCUT2D eigenvalue weighted by atomic mass is 32.1. The summed E-state index contributed by atoms with van der Waals surface area (Å²) in [5.74, 6) is -0.376. The van der Waals surface area contributed by atoms with Crippen molar-refractivity contribution in [3.63, 3.8) is 0 Å². The number of esters is 1. The molecule has 4 N–H and O–H groups in total. The third kappa shape index (κ3) is 8.04. The number of amides is 1. The monoisotopic (exact) mass is 497 g/mol. The minimum atomic E-state index is -0.646. The van der Waals surface area contributed by atoms with Crippen LogP contribution in [0.15, 0.2) is 42.5 Å². The fourth-order valence-corrected chi connectivity index (χ4v) is 4.23. The second-order valence-electron chi connectivity index (χ2n) is 9.72. The average Bonchev–Trinajstić information content (AvgIpc) is 3.17. The molecule has 2 aromatic rings. The lowest BCUT2D eigenvalue weighted by Crippen LogP contribution is -2.42. The Kier molecular flexibility index (Phi) is 9.23. The van der Waals surface area contributed by atoms with Gasteiger partial charge in [0, 0.05) is 6.54 Å². The number of nitrogens with one attached hydrogen (secondary N) is 2. The molecule has 1 aliphatic carbocycles. The summed E-state index contributed by atoms with van der Waals surface area (Å²) >= 11 is 5.09. The quantitative estimate of drug-likeness (QED) is 0.226. The number of carbonyl (C=O) groups excluding carboxylic acids is 2. The van der Waals surface area contributed by atoms with Crippen LogP contribution in [0.4, 0.5) is 4.79 Å². The van der Waals surface area contributed by atoms with Gasteiger partial charge in [0.15, 0.2) is 5.11 Å². The molecule has 7 nitrogen and oxygen atoms in total. The zero-order valence-corrected chi connectivity index (χ0v) is 21.5. The molecular weight excluding hydrogens is 462 g/mol. The van der Waals surface area contributed by atoms with E-state index in [0.29, 0.717) is 13.0 Å². The zero-order chi connectivity index (χ0) is 25.4. The Hall–Kier alpha value is -2.97. The summed E-state index contributed by atoms with van der Waals surface area (Å²) in [7, 11) is 0. The van der Waals surface area contributed by atoms with Crippen LogP contribution in [-0.2, 0) is 27.3 Å². The van der Waals surface area contributed by atoms with Crippen molar-refractivity contribution >= 4 is 29.4 Å². The number of hydrogen-bond donors (Lipinski definition) is 3. The van der Waals surface area contributed by atoms with Crippen molar-refractivity contribution in [2.24, 2.45) is 5.73 Å². The SMILES string of the molecule is CC(C)(C)OC(=O)NC(=S)NCCCCCC(N)C(=O)OCc1cccc2c1Cc1ccccc1-2. The normalized spacial score (nSPS) is 12.8. The van der Waals surface area contributed by atoms with Crippen molar-refractivity contribution in [2.75, 3.05) is 6.54 Å². The van der Waals surface area contributed by atoms with E-state index in [0.717, 1.165) is 31.2 Å². The van der Waals surface area contributed by atoms with Gasteiger partial charge in [0.1, 0.15) is 18.2 Å². The summed E-state index contributed by atoms with van der Waals surface area (Å²) in [5, 5.41) is 5.69. The maximum Gasteiger partial charge on any atom is 0.413 e. The van der Waals surface area contributed by atoms with Crippen LogP contribution in [0.5, 0.6) is 0 Å². The van der Waals surface area contributed by atoms with Crippen LogP contribution in [0.1, 0.15) is 63.1 Å². The van der Waals surface area contributed by atoms with Gasteiger partial charge in [-0.3, -0.25) is 10.1 Å². The second kappa shape index (κ2) is 12.1. The van der Waals surface area contributed by atoms with E-state index in [4.69, 9.17) is 27.4 Å². The highest BCUT2D eigenvalue weighted by Gasteiger charge is 2.22. The first kappa shape index (κ1) is 26.6. The molecule has 0 radical (unpaired) electrons. The van der Waals surface area contributed by atoms with E-state index < -0.39 is 17.7 Å². The number of ether oxygens (including phenoxy) is 2. The summed E-state index contributed by atoms with van der Waals surface area (Å²) in [4.78, 5) is 24.1. The van der Waals surface area contributed by atoms with Crippen molar-refractivity contribution in [2.45, 2.75) is 71.1 Å². The van der Waals surface area contributed by atoms with Gasteiger partial charge in [0.05, 0.1) is 0 Å². The van der Waals surface area contributed by atoms with Gasteiger partial charge in [-0.25, -0.2) is 4.79 Å². The Morgan fingerprint density at radius 2 is 1.80 bits per heavy atom. The number of carbonyl (C=O) groups is 2. The van der Waals surface area contributed by atoms with Crippen LogP contribution in [0.25, 0.3) is 11.1 Å². The number of unbranched alkanes of at least 4 members (excludes halogenated alkanes) is 2. The van der Waals surface area contributed by atoms with Crippen molar-refractivity contribution in [1.82, 2.24) is 10.6 Å². The maximum atomic E-state index is 12.4. The van der Waals surface area contributed by atoms with E-state index >= 15 is 0 Å². The van der Waals surface area contributed by atoms with Gasteiger partial charge < -0.3 is 20.5 Å². The number of rotatable bonds is 9. The number of benzene rings is 2. The first-order valence-corrected chi connectivity index (χ1v) is 12.4. The number of alkyl carbamates (subject to hydrolysis) is 1. The van der Waals surface area contributed by atoms with Crippen LogP contribution in [0, 0.1) is 0 Å². The van der Waals surface area contributed by atoms with Crippen LogP contribution >= 0.6 is 12.2 Å². The van der Waals surface area contributed by atoms with Crippen LogP contribution in [-0.4, -0.2) is 35.4 Å². The molecule has 2 aromatic carbocycles. The van der Waals surface area contributed by atoms with E-state index in [-0.39, 0.29) is 17.7 Å². The maximum absolute atomic E-state index is 12.4. The van der Waals surface area contributed by atoms with Gasteiger partial charge in [0.2, 0.25) is 0 Å². The minimum absolute atomic E-state index is 0.232. The van der Waals surface area contributed by atoms with Crippen LogP contribution in [0.2, 0.25) is 0 Å². The van der Waals surface area contributed by atoms with Gasteiger partial charge in [-0.15, -0.1) is 0 Å². The molecule has 1 aliphatic rings. The van der Waals surface area contributed by atoms with Crippen LogP contribution in [0.3, 0.4) is 0 Å². The predicted molar refractivity (Wildman–Crippen MR) is 141 cm³/mol. The molecule has 0 saturated heterocycles. The smallest absolute Gasteiger partial charge is 0.413 e. The number of thiocarbonyl (C=S) groups is 1. The lowest BCUT2D eigenvalue weighted by Gasteiger charge is -2.20. The molecule has 0 aromatic heterocycles. The minimum Gasteiger partial charge on any atom is -0.460 e. The van der Waals surface area contributed by atoms with Gasteiger partial charge in [0.25, 0.3) is 0 Å². The molecule has 0 bridgehead atoms. The van der Waals surface area contributed by atoms with Crippen LogP contribution < -0.4 is 16.4 Å². The summed E-state index contributed by atoms with van der Waals surface area (Å²) in [5.41, 5.74) is 11.5. The van der Waals surface area contributed by atoms with Gasteiger partial charge in [-0.05, 0) is 80.1 Å². The molecule has 0 fully saturated rings. The molecule has 1 unspecified atom stereocenters. The molecule has 35 heavy (non-hydrogen) atoms. The van der Waals surface area contributed by atoms with E-state index in [1.807, 2.05) is 18.2 Å². The van der Waals surface area contributed by atoms with Crippen molar-refractivity contribution in [1.29, 1.82) is 0 Å². The molecule has 1 amide bonds. The average molecular weight is 498 g/mol. The molecule has 8 heteroatoms. The first-order valence-electron chi connectivity index (χ1n) is 12.0. The summed E-state index contributed by atoms with van der Waals surface area (Å²) in [6.45, 7) is 6.20. The largest absolute Gasteiger partial charge is 0.460 e. The summed E-state index contributed by atoms with van der Waals surface area (Å²) in [6, 6.07) is 13.9. The molecule has 0 aliphatic heterocycles. The Morgan fingerprint density at radius 1 is 1.06 bits per heavy atom. The summed E-state index contributed by atoms with van der Waals surface area (Å²) in [6.07, 6.45) is 3.32. The lowest BCUT2D eigenvalue weighted by molar-refractivity contribution is -0.146. The molecule has 188 valence electrons. The van der Waals surface area contributed by atoms with Crippen molar-refractivity contribution in [3.05, 3.63) is 59.2 Å². The number of hydrogen-bond acceptors (Lipinski definition) is 6. The number of nitrogens with two attached hydrogens (primary N) is 1. The van der Waals surface area contributed by atoms with E-state index in [9.17, 15) is 9.59 Å². The third-order valence-corrected chi connectivity index (χ3v) is 5.96. The van der Waals surface area contributed by atoms with Gasteiger partial charge in [-0.1, -0.05) is 55.3 Å². The highest BCUT2D eigenvalue weighted by molar-refractivity contribution is 7.80. The Morgan fingerprint density at radius 3 is 2.57 bits per heavy atom. The lowest BCUT2D eigenvalue weighted by atomic mass is 10.0. The standard InChI is InChI=1S/C27H35N3O4S/c1-27(2,3)34-26(32)30-25(35)29-15-8-4-5-14-23(28)24(31)33-17-19-11-9-13-21-20-12-7-6-10-18(20)16-22(19)21/h6-7,9-13,23H,4-5,8,14-17,28H2,1-3H3,(H2,29,30,32,35). The fourth-order valence-electron chi connectivity index (χ4n) is 4.04.